The number of thiophene rings is 1. The first-order chi connectivity index (χ1) is 13.5. The number of ether oxygens (including phenoxy) is 1. The van der Waals surface area contributed by atoms with Crippen LogP contribution in [0.5, 0.6) is 0 Å². The van der Waals surface area contributed by atoms with Crippen molar-refractivity contribution in [2.45, 2.75) is 45.2 Å². The van der Waals surface area contributed by atoms with Crippen molar-refractivity contribution in [1.82, 2.24) is 14.9 Å². The van der Waals surface area contributed by atoms with Crippen molar-refractivity contribution in [1.29, 1.82) is 0 Å². The van der Waals surface area contributed by atoms with Crippen LogP contribution < -0.4 is 10.6 Å². The average Bonchev–Trinajstić information content (AvgIpc) is 3.10. The first-order valence-electron chi connectivity index (χ1n) is 10.3. The fraction of sp³-hybridized carbons (Fsp3) is 0.700. The van der Waals surface area contributed by atoms with Crippen molar-refractivity contribution < 1.29 is 4.74 Å². The molecule has 0 amide bonds. The normalized spacial score (nSPS) is 21.0. The van der Waals surface area contributed by atoms with Gasteiger partial charge in [-0.25, -0.2) is 4.98 Å². The lowest BCUT2D eigenvalue weighted by Gasteiger charge is -2.36. The van der Waals surface area contributed by atoms with Gasteiger partial charge in [-0.15, -0.1) is 11.3 Å². The summed E-state index contributed by atoms with van der Waals surface area (Å²) in [6, 6.07) is 2.97. The molecule has 2 saturated heterocycles. The fourth-order valence-corrected chi connectivity index (χ4v) is 5.64. The molecule has 0 aromatic carbocycles. The van der Waals surface area contributed by atoms with Crippen molar-refractivity contribution in [3.05, 3.63) is 16.2 Å². The van der Waals surface area contributed by atoms with E-state index in [1.807, 2.05) is 0 Å². The van der Waals surface area contributed by atoms with Crippen LogP contribution in [0.1, 0.15) is 31.6 Å². The number of nitrogens with zero attached hydrogens (tertiary/aromatic N) is 4. The Morgan fingerprint density at radius 3 is 2.61 bits per heavy atom. The van der Waals surface area contributed by atoms with Crippen LogP contribution >= 0.6 is 22.9 Å². The number of hydrogen-bond acceptors (Lipinski definition) is 7. The predicted octanol–water partition coefficient (Wildman–Crippen LogP) is 3.17. The Hall–Kier alpha value is -0.990. The Labute approximate surface area is 176 Å². The van der Waals surface area contributed by atoms with Gasteiger partial charge in [-0.1, -0.05) is 0 Å². The second-order valence-corrected chi connectivity index (χ2v) is 9.65. The van der Waals surface area contributed by atoms with Crippen LogP contribution in [0.15, 0.2) is 6.07 Å². The first-order valence-corrected chi connectivity index (χ1v) is 11.5. The molecule has 2 N–H and O–H groups in total. The maximum atomic E-state index is 6.63. The van der Waals surface area contributed by atoms with Gasteiger partial charge in [0.2, 0.25) is 5.28 Å². The van der Waals surface area contributed by atoms with Gasteiger partial charge in [0.05, 0.1) is 23.4 Å². The Balaban J connectivity index is 1.49. The van der Waals surface area contributed by atoms with E-state index in [2.05, 4.69) is 39.7 Å². The lowest BCUT2D eigenvalue weighted by atomic mass is 9.87. The highest BCUT2D eigenvalue weighted by atomic mass is 35.5. The van der Waals surface area contributed by atoms with E-state index in [0.717, 1.165) is 61.8 Å². The van der Waals surface area contributed by atoms with E-state index in [-0.39, 0.29) is 6.04 Å². The van der Waals surface area contributed by atoms with E-state index in [0.29, 0.717) is 17.2 Å². The highest BCUT2D eigenvalue weighted by Gasteiger charge is 2.26. The maximum absolute atomic E-state index is 6.63. The molecule has 0 bridgehead atoms. The van der Waals surface area contributed by atoms with Gasteiger partial charge in [0.15, 0.2) is 5.82 Å². The molecular weight excluding hydrogens is 394 g/mol. The molecule has 6 nitrogen and oxygen atoms in total. The van der Waals surface area contributed by atoms with E-state index in [9.17, 15) is 0 Å². The lowest BCUT2D eigenvalue weighted by molar-refractivity contribution is 0.122. The Morgan fingerprint density at radius 2 is 1.93 bits per heavy atom. The van der Waals surface area contributed by atoms with Gasteiger partial charge >= 0.3 is 0 Å². The Kier molecular flexibility index (Phi) is 6.37. The van der Waals surface area contributed by atoms with Crippen molar-refractivity contribution >= 4 is 39.0 Å². The summed E-state index contributed by atoms with van der Waals surface area (Å²) < 4.78 is 6.59. The zero-order valence-electron chi connectivity index (χ0n) is 16.7. The van der Waals surface area contributed by atoms with Gasteiger partial charge in [-0.05, 0) is 69.8 Å². The van der Waals surface area contributed by atoms with Crippen LogP contribution in [0, 0.1) is 5.92 Å². The van der Waals surface area contributed by atoms with Gasteiger partial charge in [-0.3, -0.25) is 0 Å². The summed E-state index contributed by atoms with van der Waals surface area (Å²) in [5.74, 6) is 1.53. The van der Waals surface area contributed by atoms with Crippen molar-refractivity contribution in [3.63, 3.8) is 0 Å². The van der Waals surface area contributed by atoms with E-state index in [1.165, 1.54) is 17.7 Å². The molecule has 2 aliphatic heterocycles. The van der Waals surface area contributed by atoms with Crippen LogP contribution in [-0.2, 0) is 11.2 Å². The number of aromatic nitrogens is 2. The highest BCUT2D eigenvalue weighted by Crippen LogP contribution is 2.34. The second kappa shape index (κ2) is 8.79. The fourth-order valence-electron chi connectivity index (χ4n) is 4.29. The van der Waals surface area contributed by atoms with Crippen LogP contribution in [0.4, 0.5) is 5.82 Å². The molecule has 0 saturated carbocycles. The standard InChI is InChI=1S/C20H30ClN5OS/c1-13(2)25-5-3-14(4-6-25)16(22)11-15-12-17-18(28-15)19(24-20(21)23-17)26-7-9-27-10-8-26/h12-14,16H,3-11,22H2,1-2H3. The monoisotopic (exact) mass is 423 g/mol. The summed E-state index contributed by atoms with van der Waals surface area (Å²) in [4.78, 5) is 15.1. The molecule has 0 radical (unpaired) electrons. The van der Waals surface area contributed by atoms with Gasteiger partial charge in [0, 0.05) is 30.1 Å². The lowest BCUT2D eigenvalue weighted by Crippen LogP contribution is -2.44. The number of rotatable bonds is 5. The van der Waals surface area contributed by atoms with Crippen molar-refractivity contribution in [2.75, 3.05) is 44.3 Å². The molecule has 2 aromatic heterocycles. The summed E-state index contributed by atoms with van der Waals surface area (Å²) in [5, 5.41) is 0.309. The summed E-state index contributed by atoms with van der Waals surface area (Å²) in [5.41, 5.74) is 7.57. The number of nitrogens with two attached hydrogens (primary N) is 1. The quantitative estimate of drug-likeness (QED) is 0.745. The third-order valence-electron chi connectivity index (χ3n) is 6.03. The van der Waals surface area contributed by atoms with Crippen LogP contribution in [0.2, 0.25) is 5.28 Å². The molecule has 2 aromatic rings. The minimum atomic E-state index is 0.192. The number of likely N-dealkylation sites (tertiary alicyclic amines) is 1. The zero-order valence-corrected chi connectivity index (χ0v) is 18.3. The first kappa shape index (κ1) is 20.3. The van der Waals surface area contributed by atoms with Gasteiger partial charge in [0.25, 0.3) is 0 Å². The Bertz CT molecular complexity index is 799. The van der Waals surface area contributed by atoms with Gasteiger partial charge < -0.3 is 20.3 Å². The predicted molar refractivity (Wildman–Crippen MR) is 117 cm³/mol. The summed E-state index contributed by atoms with van der Waals surface area (Å²) in [6.07, 6.45) is 3.28. The molecule has 0 spiro atoms. The third kappa shape index (κ3) is 4.44. The average molecular weight is 424 g/mol. The van der Waals surface area contributed by atoms with E-state index in [4.69, 9.17) is 22.1 Å². The van der Waals surface area contributed by atoms with Crippen LogP contribution in [-0.4, -0.2) is 66.3 Å². The summed E-state index contributed by atoms with van der Waals surface area (Å²) in [6.45, 7) is 9.98. The minimum Gasteiger partial charge on any atom is -0.378 e. The van der Waals surface area contributed by atoms with Gasteiger partial charge in [-0.2, -0.15) is 4.98 Å². The molecule has 1 atom stereocenters. The number of fused-ring (bicyclic) bond motifs is 1. The van der Waals surface area contributed by atoms with E-state index in [1.54, 1.807) is 11.3 Å². The molecule has 8 heteroatoms. The smallest absolute Gasteiger partial charge is 0.224 e. The molecule has 28 heavy (non-hydrogen) atoms. The number of piperidine rings is 1. The van der Waals surface area contributed by atoms with Gasteiger partial charge in [0.1, 0.15) is 0 Å². The second-order valence-electron chi connectivity index (χ2n) is 8.18. The Morgan fingerprint density at radius 1 is 1.21 bits per heavy atom. The largest absolute Gasteiger partial charge is 0.378 e. The molecule has 4 rings (SSSR count). The number of halogens is 1. The molecule has 2 fully saturated rings. The molecule has 0 aliphatic carbocycles. The molecule has 1 unspecified atom stereocenters. The topological polar surface area (TPSA) is 67.5 Å². The van der Waals surface area contributed by atoms with Crippen LogP contribution in [0.3, 0.4) is 0 Å². The summed E-state index contributed by atoms with van der Waals surface area (Å²) in [7, 11) is 0. The number of morpholine rings is 1. The molecule has 2 aliphatic rings. The molecule has 4 heterocycles. The number of hydrogen-bond donors (Lipinski definition) is 1. The molecular formula is C20H30ClN5OS. The summed E-state index contributed by atoms with van der Waals surface area (Å²) >= 11 is 7.98. The van der Waals surface area contributed by atoms with E-state index < -0.39 is 0 Å². The van der Waals surface area contributed by atoms with Crippen LogP contribution in [0.25, 0.3) is 10.2 Å². The highest BCUT2D eigenvalue weighted by molar-refractivity contribution is 7.19. The minimum absolute atomic E-state index is 0.192. The maximum Gasteiger partial charge on any atom is 0.224 e. The van der Waals surface area contributed by atoms with E-state index >= 15 is 0 Å². The van der Waals surface area contributed by atoms with Crippen molar-refractivity contribution in [2.24, 2.45) is 11.7 Å². The third-order valence-corrected chi connectivity index (χ3v) is 7.35. The number of anilines is 1. The zero-order chi connectivity index (χ0) is 19.7. The SMILES string of the molecule is CC(C)N1CCC(C(N)Cc2cc3nc(Cl)nc(N4CCOCC4)c3s2)CC1. The molecule has 154 valence electrons. The van der Waals surface area contributed by atoms with Crippen molar-refractivity contribution in [3.8, 4) is 0 Å².